The Kier molecular flexibility index (Phi) is 4.99. The lowest BCUT2D eigenvalue weighted by Gasteiger charge is -2.13. The van der Waals surface area contributed by atoms with Crippen LogP contribution >= 0.6 is 11.3 Å². The van der Waals surface area contributed by atoms with Crippen LogP contribution in [0.15, 0.2) is 36.4 Å². The number of methoxy groups -OCH3 is 3. The molecule has 0 fully saturated rings. The van der Waals surface area contributed by atoms with Crippen molar-refractivity contribution in [1.82, 2.24) is 10.2 Å². The average Bonchev–Trinajstić information content (AvgIpc) is 3.17. The molecule has 1 heterocycles. The molecule has 3 aromatic rings. The Hall–Kier alpha value is -3.20. The second-order valence-corrected chi connectivity index (χ2v) is 6.11. The van der Waals surface area contributed by atoms with Crippen LogP contribution in [-0.2, 0) is 0 Å². The van der Waals surface area contributed by atoms with Crippen molar-refractivity contribution in [2.75, 3.05) is 21.3 Å². The van der Waals surface area contributed by atoms with Gasteiger partial charge in [-0.1, -0.05) is 11.3 Å². The highest BCUT2D eigenvalue weighted by Crippen LogP contribution is 2.42. The van der Waals surface area contributed by atoms with Gasteiger partial charge in [0.1, 0.15) is 10.0 Å². The molecule has 0 spiro atoms. The molecule has 0 bridgehead atoms. The van der Waals surface area contributed by atoms with Gasteiger partial charge in [-0.2, -0.15) is 0 Å². The van der Waals surface area contributed by atoms with Crippen LogP contribution < -0.4 is 14.2 Å². The van der Waals surface area contributed by atoms with E-state index >= 15 is 0 Å². The number of hydrogen-bond acceptors (Lipinski definition) is 8. The van der Waals surface area contributed by atoms with Crippen molar-refractivity contribution in [2.45, 2.75) is 0 Å². The summed E-state index contributed by atoms with van der Waals surface area (Å²) in [6.07, 6.45) is 0. The first-order valence-electron chi connectivity index (χ1n) is 7.46. The highest BCUT2D eigenvalue weighted by Gasteiger charge is 2.17. The summed E-state index contributed by atoms with van der Waals surface area (Å²) < 4.78 is 16.0. The maximum atomic E-state index is 10.8. The van der Waals surface area contributed by atoms with E-state index in [1.807, 2.05) is 0 Å². The number of aromatic nitrogens is 2. The highest BCUT2D eigenvalue weighted by molar-refractivity contribution is 7.17. The van der Waals surface area contributed by atoms with Crippen LogP contribution in [0.1, 0.15) is 0 Å². The molecule has 0 N–H and O–H groups in total. The first-order valence-corrected chi connectivity index (χ1v) is 8.27. The number of non-ortho nitro benzene ring substituents is 1. The summed E-state index contributed by atoms with van der Waals surface area (Å²) in [5, 5.41) is 20.5. The lowest BCUT2D eigenvalue weighted by atomic mass is 10.2. The van der Waals surface area contributed by atoms with Crippen LogP contribution in [0.5, 0.6) is 17.2 Å². The highest BCUT2D eigenvalue weighted by atomic mass is 32.1. The Labute approximate surface area is 153 Å². The molecule has 0 radical (unpaired) electrons. The van der Waals surface area contributed by atoms with Gasteiger partial charge in [0.05, 0.1) is 26.3 Å². The van der Waals surface area contributed by atoms with E-state index in [-0.39, 0.29) is 5.69 Å². The third-order valence-corrected chi connectivity index (χ3v) is 4.68. The lowest BCUT2D eigenvalue weighted by Crippen LogP contribution is -1.95. The monoisotopic (exact) mass is 373 g/mol. The summed E-state index contributed by atoms with van der Waals surface area (Å²) in [5.41, 5.74) is 1.56. The quantitative estimate of drug-likeness (QED) is 0.479. The third-order valence-electron chi connectivity index (χ3n) is 3.66. The van der Waals surface area contributed by atoms with Crippen molar-refractivity contribution in [1.29, 1.82) is 0 Å². The van der Waals surface area contributed by atoms with Crippen LogP contribution in [0.4, 0.5) is 5.69 Å². The molecule has 0 amide bonds. The van der Waals surface area contributed by atoms with Gasteiger partial charge < -0.3 is 14.2 Å². The molecule has 3 rings (SSSR count). The fourth-order valence-electron chi connectivity index (χ4n) is 2.39. The number of nitrogens with zero attached hydrogens (tertiary/aromatic N) is 3. The zero-order valence-electron chi connectivity index (χ0n) is 14.3. The Morgan fingerprint density at radius 1 is 0.885 bits per heavy atom. The van der Waals surface area contributed by atoms with E-state index in [1.54, 1.807) is 38.5 Å². The SMILES string of the molecule is COc1cc(-c2nnc(-c3ccc([N+](=O)[O-])cc3)s2)cc(OC)c1OC. The van der Waals surface area contributed by atoms with Gasteiger partial charge in [0.25, 0.3) is 5.69 Å². The van der Waals surface area contributed by atoms with Gasteiger partial charge in [-0.3, -0.25) is 10.1 Å². The molecule has 0 atom stereocenters. The lowest BCUT2D eigenvalue weighted by molar-refractivity contribution is -0.384. The zero-order valence-corrected chi connectivity index (χ0v) is 15.1. The molecule has 0 saturated heterocycles. The van der Waals surface area contributed by atoms with Gasteiger partial charge in [-0.15, -0.1) is 10.2 Å². The molecule has 2 aromatic carbocycles. The van der Waals surface area contributed by atoms with Crippen LogP contribution in [-0.4, -0.2) is 36.5 Å². The maximum Gasteiger partial charge on any atom is 0.269 e. The van der Waals surface area contributed by atoms with Crippen molar-refractivity contribution in [3.05, 3.63) is 46.5 Å². The second kappa shape index (κ2) is 7.36. The fraction of sp³-hybridized carbons (Fsp3) is 0.176. The van der Waals surface area contributed by atoms with Gasteiger partial charge in [-0.25, -0.2) is 0 Å². The molecular weight excluding hydrogens is 358 g/mol. The van der Waals surface area contributed by atoms with E-state index < -0.39 is 4.92 Å². The average molecular weight is 373 g/mol. The Morgan fingerprint density at radius 3 is 1.88 bits per heavy atom. The molecule has 134 valence electrons. The van der Waals surface area contributed by atoms with Gasteiger partial charge in [0.2, 0.25) is 5.75 Å². The van der Waals surface area contributed by atoms with E-state index in [0.717, 1.165) is 11.1 Å². The van der Waals surface area contributed by atoms with Crippen molar-refractivity contribution in [3.63, 3.8) is 0 Å². The molecule has 0 aliphatic heterocycles. The number of rotatable bonds is 6. The maximum absolute atomic E-state index is 10.8. The summed E-state index contributed by atoms with van der Waals surface area (Å²) in [5.74, 6) is 1.54. The molecule has 26 heavy (non-hydrogen) atoms. The Bertz CT molecular complexity index is 915. The number of nitro groups is 1. The van der Waals surface area contributed by atoms with Crippen LogP contribution in [0.2, 0.25) is 0 Å². The minimum absolute atomic E-state index is 0.0307. The molecule has 8 nitrogen and oxygen atoms in total. The van der Waals surface area contributed by atoms with E-state index in [1.165, 1.54) is 30.6 Å². The number of hydrogen-bond donors (Lipinski definition) is 0. The topological polar surface area (TPSA) is 96.6 Å². The molecule has 0 saturated carbocycles. The molecule has 0 aliphatic carbocycles. The predicted octanol–water partition coefficient (Wildman–Crippen LogP) is 3.81. The summed E-state index contributed by atoms with van der Waals surface area (Å²) in [6, 6.07) is 9.77. The molecular formula is C17H15N3O5S. The van der Waals surface area contributed by atoms with E-state index in [4.69, 9.17) is 14.2 Å². The molecule has 1 aromatic heterocycles. The predicted molar refractivity (Wildman–Crippen MR) is 97.1 cm³/mol. The number of nitro benzene ring substituents is 1. The van der Waals surface area contributed by atoms with Crippen molar-refractivity contribution in [2.24, 2.45) is 0 Å². The zero-order chi connectivity index (χ0) is 18.7. The Balaban J connectivity index is 1.98. The molecule has 0 unspecified atom stereocenters. The molecule has 0 aliphatic rings. The standard InChI is InChI=1S/C17H15N3O5S/c1-23-13-8-11(9-14(24-2)15(13)25-3)17-19-18-16(26-17)10-4-6-12(7-5-10)20(21)22/h4-9H,1-3H3. The smallest absolute Gasteiger partial charge is 0.269 e. The second-order valence-electron chi connectivity index (χ2n) is 5.13. The van der Waals surface area contributed by atoms with Crippen LogP contribution in [0.25, 0.3) is 21.1 Å². The Morgan fingerprint density at radius 2 is 1.42 bits per heavy atom. The van der Waals surface area contributed by atoms with E-state index in [2.05, 4.69) is 10.2 Å². The van der Waals surface area contributed by atoms with Crippen molar-refractivity contribution >= 4 is 17.0 Å². The first kappa shape index (κ1) is 17.6. The summed E-state index contributed by atoms with van der Waals surface area (Å²) in [6.45, 7) is 0. The minimum Gasteiger partial charge on any atom is -0.493 e. The normalized spacial score (nSPS) is 10.4. The van der Waals surface area contributed by atoms with Gasteiger partial charge in [0, 0.05) is 23.3 Å². The van der Waals surface area contributed by atoms with Crippen LogP contribution in [0.3, 0.4) is 0 Å². The van der Waals surface area contributed by atoms with Crippen molar-refractivity contribution < 1.29 is 19.1 Å². The minimum atomic E-state index is -0.439. The van der Waals surface area contributed by atoms with Gasteiger partial charge in [0.15, 0.2) is 11.5 Å². The van der Waals surface area contributed by atoms with Gasteiger partial charge in [-0.05, 0) is 24.3 Å². The molecule has 9 heteroatoms. The van der Waals surface area contributed by atoms with Crippen molar-refractivity contribution in [3.8, 4) is 38.4 Å². The summed E-state index contributed by atoms with van der Waals surface area (Å²) in [4.78, 5) is 10.3. The largest absolute Gasteiger partial charge is 0.493 e. The fourth-order valence-corrected chi connectivity index (χ4v) is 3.22. The van der Waals surface area contributed by atoms with Gasteiger partial charge >= 0.3 is 0 Å². The van der Waals surface area contributed by atoms with Crippen LogP contribution in [0, 0.1) is 10.1 Å². The number of benzene rings is 2. The third kappa shape index (κ3) is 3.29. The first-order chi connectivity index (χ1) is 12.6. The summed E-state index contributed by atoms with van der Waals surface area (Å²) in [7, 11) is 4.63. The summed E-state index contributed by atoms with van der Waals surface area (Å²) >= 11 is 1.36. The number of ether oxygens (including phenoxy) is 3. The van der Waals surface area contributed by atoms with E-state index in [0.29, 0.717) is 27.3 Å². The van der Waals surface area contributed by atoms with E-state index in [9.17, 15) is 10.1 Å².